The number of halogens is 1. The lowest BCUT2D eigenvalue weighted by molar-refractivity contribution is -0.757. The Morgan fingerprint density at radius 1 is 1.22 bits per heavy atom. The fourth-order valence-corrected chi connectivity index (χ4v) is 8.41. The lowest BCUT2D eigenvalue weighted by atomic mass is 9.44. The van der Waals surface area contributed by atoms with Crippen molar-refractivity contribution in [2.24, 2.45) is 28.6 Å². The second kappa shape index (κ2) is 10.9. The number of unbranched alkanes of at least 4 members (excludes halogenated alkanes) is 1. The first-order valence-corrected chi connectivity index (χ1v) is 14.1. The molecule has 4 aliphatic rings. The van der Waals surface area contributed by atoms with E-state index in [2.05, 4.69) is 4.84 Å². The van der Waals surface area contributed by atoms with E-state index in [0.29, 0.717) is 24.8 Å². The van der Waals surface area contributed by atoms with Gasteiger partial charge >= 0.3 is 11.9 Å². The summed E-state index contributed by atoms with van der Waals surface area (Å²) in [5.74, 6) is -4.06. The van der Waals surface area contributed by atoms with Crippen molar-refractivity contribution in [3.63, 3.8) is 0 Å². The highest BCUT2D eigenvalue weighted by Crippen LogP contribution is 2.71. The van der Waals surface area contributed by atoms with Crippen molar-refractivity contribution in [3.8, 4) is 0 Å². The average molecular weight is 580 g/mol. The molecule has 0 aromatic heterocycles. The van der Waals surface area contributed by atoms with Gasteiger partial charge in [0.05, 0.1) is 12.7 Å². The molecule has 0 saturated heterocycles. The van der Waals surface area contributed by atoms with Crippen LogP contribution in [0.25, 0.3) is 0 Å². The number of hydrogen-bond donors (Lipinski definition) is 1. The van der Waals surface area contributed by atoms with Gasteiger partial charge in [0.1, 0.15) is 0 Å². The number of Topliss-reactive ketones (excluding diaryl/α,β-unsaturated/α-hetero) is 1. The van der Waals surface area contributed by atoms with Crippen molar-refractivity contribution in [2.45, 2.75) is 90.0 Å². The Balaban J connectivity index is 1.69. The summed E-state index contributed by atoms with van der Waals surface area (Å²) in [7, 11) is 0. The van der Waals surface area contributed by atoms with Gasteiger partial charge in [0.15, 0.2) is 23.7 Å². The maximum absolute atomic E-state index is 17.5. The summed E-state index contributed by atoms with van der Waals surface area (Å²) < 4.78 is 28.6. The summed E-state index contributed by atoms with van der Waals surface area (Å²) >= 11 is 0. The highest BCUT2D eigenvalue weighted by atomic mass is 19.1. The zero-order chi connectivity index (χ0) is 30.4. The highest BCUT2D eigenvalue weighted by Gasteiger charge is 2.77. The summed E-state index contributed by atoms with van der Waals surface area (Å²) in [6.07, 6.45) is 3.93. The van der Waals surface area contributed by atoms with E-state index in [1.165, 1.54) is 12.2 Å². The fourth-order valence-electron chi connectivity index (χ4n) is 8.41. The highest BCUT2D eigenvalue weighted by molar-refractivity contribution is 6.01. The molecule has 4 rings (SSSR count). The van der Waals surface area contributed by atoms with E-state index in [1.807, 2.05) is 0 Å². The number of rotatable bonds is 10. The van der Waals surface area contributed by atoms with E-state index >= 15 is 4.39 Å². The van der Waals surface area contributed by atoms with E-state index in [0.717, 1.165) is 6.92 Å². The Hall–Kier alpha value is -3.15. The molecule has 1 N–H and O–H groups in total. The van der Waals surface area contributed by atoms with E-state index < -0.39 is 75.4 Å². The molecule has 12 heteroatoms. The van der Waals surface area contributed by atoms with Gasteiger partial charge < -0.3 is 19.4 Å². The number of allylic oxidation sites excluding steroid dienone is 4. The van der Waals surface area contributed by atoms with Gasteiger partial charge in [0.25, 0.3) is 5.09 Å². The van der Waals surface area contributed by atoms with E-state index in [1.54, 1.807) is 26.8 Å². The maximum Gasteiger partial charge on any atom is 0.306 e. The number of alkyl halides is 1. The molecular weight excluding hydrogens is 541 g/mol. The summed E-state index contributed by atoms with van der Waals surface area (Å²) in [6.45, 7) is 5.48. The SMILES string of the molecule is CC(=O)OCC(=O)[C@@]1(OC(=O)CCCCO[N+](=O)[O-])[C@@H](C)CC2C3CCC4=CC(=O)C=C[C@]4(C)[C@@]3(F)[C@@H](O)C[C@@]21C. The summed E-state index contributed by atoms with van der Waals surface area (Å²) in [6, 6.07) is 0. The van der Waals surface area contributed by atoms with Gasteiger partial charge in [0, 0.05) is 36.0 Å². The Kier molecular flexibility index (Phi) is 8.20. The molecule has 0 aromatic rings. The zero-order valence-corrected chi connectivity index (χ0v) is 23.9. The third kappa shape index (κ3) is 4.77. The van der Waals surface area contributed by atoms with Gasteiger partial charge in [-0.05, 0) is 63.5 Å². The van der Waals surface area contributed by atoms with Crippen LogP contribution in [0.15, 0.2) is 23.8 Å². The molecule has 4 aliphatic carbocycles. The largest absolute Gasteiger partial charge is 0.458 e. The van der Waals surface area contributed by atoms with Crippen molar-refractivity contribution >= 4 is 23.5 Å². The van der Waals surface area contributed by atoms with Crippen LogP contribution in [0.5, 0.6) is 0 Å². The molecule has 0 radical (unpaired) electrons. The monoisotopic (exact) mass is 579 g/mol. The predicted octanol–water partition coefficient (Wildman–Crippen LogP) is 3.40. The molecule has 0 spiro atoms. The molecular formula is C29H38FNO10. The first-order chi connectivity index (χ1) is 19.1. The molecule has 0 amide bonds. The molecule has 0 bridgehead atoms. The van der Waals surface area contributed by atoms with Crippen LogP contribution in [0, 0.1) is 38.7 Å². The molecule has 0 aliphatic heterocycles. The minimum atomic E-state index is -2.13. The summed E-state index contributed by atoms with van der Waals surface area (Å²) in [4.78, 5) is 65.4. The zero-order valence-electron chi connectivity index (χ0n) is 23.9. The average Bonchev–Trinajstić information content (AvgIpc) is 3.10. The minimum absolute atomic E-state index is 0.152. The Bertz CT molecular complexity index is 1200. The van der Waals surface area contributed by atoms with Crippen LogP contribution in [-0.2, 0) is 33.5 Å². The number of carbonyl (C=O) groups is 4. The normalized spacial score (nSPS) is 39.1. The Morgan fingerprint density at radius 2 is 1.93 bits per heavy atom. The number of aliphatic hydroxyl groups is 1. The fraction of sp³-hybridized carbons (Fsp3) is 0.724. The number of nitrogens with zero attached hydrogens (tertiary/aromatic N) is 1. The molecule has 0 aromatic carbocycles. The van der Waals surface area contributed by atoms with Gasteiger partial charge in [-0.3, -0.25) is 19.2 Å². The molecule has 41 heavy (non-hydrogen) atoms. The quantitative estimate of drug-likeness (QED) is 0.176. The first-order valence-electron chi connectivity index (χ1n) is 14.1. The van der Waals surface area contributed by atoms with Gasteiger partial charge in [0.2, 0.25) is 5.78 Å². The van der Waals surface area contributed by atoms with Crippen molar-refractivity contribution < 1.29 is 48.1 Å². The van der Waals surface area contributed by atoms with Crippen LogP contribution in [0.3, 0.4) is 0 Å². The lowest BCUT2D eigenvalue weighted by Crippen LogP contribution is -2.70. The topological polar surface area (TPSA) is 159 Å². The molecule has 11 nitrogen and oxygen atoms in total. The third-order valence-corrected chi connectivity index (χ3v) is 10.2. The number of carbonyl (C=O) groups excluding carboxylic acids is 4. The van der Waals surface area contributed by atoms with Gasteiger partial charge in [-0.1, -0.05) is 25.5 Å². The minimum Gasteiger partial charge on any atom is -0.458 e. The second-order valence-corrected chi connectivity index (χ2v) is 12.3. The Morgan fingerprint density at radius 3 is 2.59 bits per heavy atom. The van der Waals surface area contributed by atoms with Gasteiger partial charge in [-0.15, -0.1) is 10.1 Å². The van der Waals surface area contributed by atoms with Gasteiger partial charge in [-0.25, -0.2) is 4.39 Å². The number of esters is 2. The number of ether oxygens (including phenoxy) is 2. The van der Waals surface area contributed by atoms with Crippen molar-refractivity contribution in [1.29, 1.82) is 0 Å². The van der Waals surface area contributed by atoms with Crippen molar-refractivity contribution in [1.82, 2.24) is 0 Å². The van der Waals surface area contributed by atoms with Crippen molar-refractivity contribution in [2.75, 3.05) is 13.2 Å². The Labute approximate surface area is 237 Å². The predicted molar refractivity (Wildman–Crippen MR) is 140 cm³/mol. The lowest BCUT2D eigenvalue weighted by Gasteiger charge is -2.62. The first kappa shape index (κ1) is 30.8. The molecule has 2 unspecified atom stereocenters. The second-order valence-electron chi connectivity index (χ2n) is 12.3. The van der Waals surface area contributed by atoms with Crippen LogP contribution in [-0.4, -0.2) is 64.3 Å². The molecule has 3 fully saturated rings. The van der Waals surface area contributed by atoms with Crippen LogP contribution in [0.4, 0.5) is 4.39 Å². The number of ketones is 2. The molecule has 8 atom stereocenters. The molecule has 226 valence electrons. The third-order valence-electron chi connectivity index (χ3n) is 10.2. The summed E-state index contributed by atoms with van der Waals surface area (Å²) in [5.41, 5.74) is -5.72. The number of aliphatic hydroxyl groups excluding tert-OH is 1. The molecule has 3 saturated carbocycles. The van der Waals surface area contributed by atoms with E-state index in [9.17, 15) is 34.4 Å². The standard InChI is InChI=1S/C29H38FNO10/c1-17-13-22-21-9-8-19-14-20(33)10-11-26(19,3)28(21,30)23(34)15-27(22,4)29(17,24(35)16-39-18(2)32)41-25(36)7-5-6-12-40-31(37)38/h10-11,14,17,21-23,34H,5-9,12-13,15-16H2,1-4H3/t17-,21?,22?,23-,26-,27-,28-,29-/m0/s1. The van der Waals surface area contributed by atoms with Crippen LogP contribution in [0.2, 0.25) is 0 Å². The number of hydrogen-bond acceptors (Lipinski definition) is 10. The van der Waals surface area contributed by atoms with E-state index in [4.69, 9.17) is 9.47 Å². The van der Waals surface area contributed by atoms with Crippen LogP contribution in [0.1, 0.15) is 72.6 Å². The van der Waals surface area contributed by atoms with E-state index in [-0.39, 0.29) is 38.1 Å². The van der Waals surface area contributed by atoms with Crippen molar-refractivity contribution in [3.05, 3.63) is 33.9 Å². The molecule has 0 heterocycles. The number of fused-ring (bicyclic) bond motifs is 5. The maximum atomic E-state index is 17.5. The van der Waals surface area contributed by atoms with Gasteiger partial charge in [-0.2, -0.15) is 0 Å². The smallest absolute Gasteiger partial charge is 0.306 e. The van der Waals surface area contributed by atoms with Crippen LogP contribution < -0.4 is 0 Å². The van der Waals surface area contributed by atoms with Crippen LogP contribution >= 0.6 is 0 Å². The summed E-state index contributed by atoms with van der Waals surface area (Å²) in [5, 5.41) is 21.1.